The fourth-order valence-electron chi connectivity index (χ4n) is 1.15. The van der Waals surface area contributed by atoms with Crippen molar-refractivity contribution in [3.05, 3.63) is 30.1 Å². The number of rotatable bonds is 6. The molecule has 1 amide bonds. The van der Waals surface area contributed by atoms with Crippen LogP contribution in [0.4, 0.5) is 0 Å². The summed E-state index contributed by atoms with van der Waals surface area (Å²) < 4.78 is 9.37. The van der Waals surface area contributed by atoms with Gasteiger partial charge in [-0.3, -0.25) is 14.6 Å². The first-order valence-corrected chi connectivity index (χ1v) is 5.63. The normalized spacial score (nSPS) is 9.53. The quantitative estimate of drug-likeness (QED) is 0.451. The van der Waals surface area contributed by atoms with Gasteiger partial charge in [-0.1, -0.05) is 0 Å². The first kappa shape index (κ1) is 14.6. The Morgan fingerprint density at radius 2 is 2.11 bits per heavy atom. The highest BCUT2D eigenvalue weighted by Gasteiger charge is 2.11. The maximum Gasteiger partial charge on any atom is 0.341 e. The second-order valence-corrected chi connectivity index (χ2v) is 3.40. The summed E-state index contributed by atoms with van der Waals surface area (Å²) >= 11 is 0. The largest absolute Gasteiger partial charge is 0.466 e. The van der Waals surface area contributed by atoms with Crippen molar-refractivity contribution in [2.45, 2.75) is 13.3 Å². The van der Waals surface area contributed by atoms with E-state index in [0.29, 0.717) is 0 Å². The molecule has 1 N–H and O–H groups in total. The predicted octanol–water partition coefficient (Wildman–Crippen LogP) is 0.265. The van der Waals surface area contributed by atoms with Gasteiger partial charge in [0.25, 0.3) is 0 Å². The van der Waals surface area contributed by atoms with Gasteiger partial charge in [-0.15, -0.1) is 0 Å². The number of nitrogens with zero attached hydrogens (tertiary/aromatic N) is 1. The molecule has 0 aliphatic carbocycles. The molecular weight excluding hydrogens is 252 g/mol. The maximum absolute atomic E-state index is 11.4. The minimum Gasteiger partial charge on any atom is -0.466 e. The Labute approximate surface area is 109 Å². The summed E-state index contributed by atoms with van der Waals surface area (Å²) in [6.07, 6.45) is 2.47. The molecule has 1 aromatic heterocycles. The monoisotopic (exact) mass is 266 g/mol. The van der Waals surface area contributed by atoms with Crippen LogP contribution in [0.2, 0.25) is 0 Å². The van der Waals surface area contributed by atoms with Crippen LogP contribution in [-0.4, -0.2) is 36.2 Å². The minimum atomic E-state index is -0.626. The Bertz CT molecular complexity index is 447. The third-order valence-electron chi connectivity index (χ3n) is 1.98. The third-order valence-corrected chi connectivity index (χ3v) is 1.98. The SMILES string of the molecule is CCOC(=O)CC(=O)NCOC(=O)c1cccnc1. The van der Waals surface area contributed by atoms with E-state index in [4.69, 9.17) is 4.74 Å². The highest BCUT2D eigenvalue weighted by Crippen LogP contribution is 1.97. The molecule has 0 aliphatic rings. The fourth-order valence-corrected chi connectivity index (χ4v) is 1.15. The Balaban J connectivity index is 2.25. The average Bonchev–Trinajstić information content (AvgIpc) is 2.39. The molecule has 0 bridgehead atoms. The van der Waals surface area contributed by atoms with Gasteiger partial charge in [0.1, 0.15) is 6.42 Å². The lowest BCUT2D eigenvalue weighted by atomic mass is 10.3. The van der Waals surface area contributed by atoms with Crippen LogP contribution in [0.15, 0.2) is 24.5 Å². The van der Waals surface area contributed by atoms with E-state index >= 15 is 0 Å². The number of amides is 1. The molecule has 7 nitrogen and oxygen atoms in total. The summed E-state index contributed by atoms with van der Waals surface area (Å²) in [5.74, 6) is -1.81. The van der Waals surface area contributed by atoms with Crippen molar-refractivity contribution < 1.29 is 23.9 Å². The van der Waals surface area contributed by atoms with Gasteiger partial charge in [-0.05, 0) is 19.1 Å². The van der Waals surface area contributed by atoms with Gasteiger partial charge < -0.3 is 14.8 Å². The van der Waals surface area contributed by atoms with Crippen LogP contribution in [0.1, 0.15) is 23.7 Å². The molecule has 0 aliphatic heterocycles. The number of esters is 2. The summed E-state index contributed by atoms with van der Waals surface area (Å²) in [4.78, 5) is 37.4. The number of pyridine rings is 1. The number of carbonyl (C=O) groups excluding carboxylic acids is 3. The summed E-state index contributed by atoms with van der Waals surface area (Å²) in [5, 5.41) is 2.27. The lowest BCUT2D eigenvalue weighted by Crippen LogP contribution is -2.29. The molecule has 0 aromatic carbocycles. The van der Waals surface area contributed by atoms with Gasteiger partial charge in [0.15, 0.2) is 6.73 Å². The summed E-state index contributed by atoms with van der Waals surface area (Å²) in [7, 11) is 0. The molecule has 7 heteroatoms. The lowest BCUT2D eigenvalue weighted by Gasteiger charge is -2.06. The molecule has 19 heavy (non-hydrogen) atoms. The third kappa shape index (κ3) is 5.62. The predicted molar refractivity (Wildman–Crippen MR) is 63.9 cm³/mol. The van der Waals surface area contributed by atoms with Gasteiger partial charge in [0.05, 0.1) is 12.2 Å². The molecule has 0 fully saturated rings. The number of carbonyl (C=O) groups is 3. The van der Waals surface area contributed by atoms with Crippen molar-refractivity contribution in [2.24, 2.45) is 0 Å². The Morgan fingerprint density at radius 3 is 2.74 bits per heavy atom. The topological polar surface area (TPSA) is 94.6 Å². The van der Waals surface area contributed by atoms with Crippen molar-refractivity contribution in [1.82, 2.24) is 10.3 Å². The second-order valence-electron chi connectivity index (χ2n) is 3.40. The number of hydrogen-bond donors (Lipinski definition) is 1. The van der Waals surface area contributed by atoms with Crippen LogP contribution in [-0.2, 0) is 19.1 Å². The first-order valence-electron chi connectivity index (χ1n) is 5.63. The molecular formula is C12H14N2O5. The van der Waals surface area contributed by atoms with Crippen molar-refractivity contribution in [2.75, 3.05) is 13.3 Å². The highest BCUT2D eigenvalue weighted by atomic mass is 16.5. The van der Waals surface area contributed by atoms with E-state index < -0.39 is 24.3 Å². The molecule has 0 atom stereocenters. The average molecular weight is 266 g/mol. The zero-order valence-electron chi connectivity index (χ0n) is 10.4. The zero-order valence-corrected chi connectivity index (χ0v) is 10.4. The molecule has 0 spiro atoms. The number of ether oxygens (including phenoxy) is 2. The van der Waals surface area contributed by atoms with Gasteiger partial charge in [0, 0.05) is 12.4 Å². The van der Waals surface area contributed by atoms with E-state index in [0.717, 1.165) is 0 Å². The first-order chi connectivity index (χ1) is 9.13. The van der Waals surface area contributed by atoms with Crippen LogP contribution in [0.25, 0.3) is 0 Å². The van der Waals surface area contributed by atoms with Gasteiger partial charge >= 0.3 is 11.9 Å². The van der Waals surface area contributed by atoms with E-state index in [2.05, 4.69) is 15.0 Å². The highest BCUT2D eigenvalue weighted by molar-refractivity contribution is 5.94. The van der Waals surface area contributed by atoms with Crippen LogP contribution in [0, 0.1) is 0 Å². The second kappa shape index (κ2) is 7.80. The Morgan fingerprint density at radius 1 is 1.32 bits per heavy atom. The molecule has 102 valence electrons. The van der Waals surface area contributed by atoms with E-state index in [9.17, 15) is 14.4 Å². The van der Waals surface area contributed by atoms with Crippen molar-refractivity contribution in [1.29, 1.82) is 0 Å². The fraction of sp³-hybridized carbons (Fsp3) is 0.333. The standard InChI is InChI=1S/C12H14N2O5/c1-2-18-11(16)6-10(15)14-8-19-12(17)9-4-3-5-13-7-9/h3-5,7H,2,6,8H2,1H3,(H,14,15). The number of hydrogen-bond acceptors (Lipinski definition) is 6. The van der Waals surface area contributed by atoms with E-state index in [1.54, 1.807) is 13.0 Å². The van der Waals surface area contributed by atoms with E-state index in [-0.39, 0.29) is 18.9 Å². The van der Waals surface area contributed by atoms with E-state index in [1.165, 1.54) is 18.5 Å². The smallest absolute Gasteiger partial charge is 0.341 e. The van der Waals surface area contributed by atoms with Crippen LogP contribution < -0.4 is 5.32 Å². The van der Waals surface area contributed by atoms with Crippen LogP contribution in [0.3, 0.4) is 0 Å². The van der Waals surface area contributed by atoms with Gasteiger partial charge in [-0.25, -0.2) is 4.79 Å². The summed E-state index contributed by atoms with van der Waals surface area (Å²) in [5.41, 5.74) is 0.280. The molecule has 0 saturated heterocycles. The van der Waals surface area contributed by atoms with Gasteiger partial charge in [0.2, 0.25) is 5.91 Å². The molecule has 1 heterocycles. The van der Waals surface area contributed by atoms with Crippen molar-refractivity contribution >= 4 is 17.8 Å². The number of nitrogens with one attached hydrogen (secondary N) is 1. The molecule has 1 aromatic rings. The molecule has 0 radical (unpaired) electrons. The minimum absolute atomic E-state index is 0.210. The Kier molecular flexibility index (Phi) is 6.00. The van der Waals surface area contributed by atoms with Crippen molar-refractivity contribution in [3.63, 3.8) is 0 Å². The van der Waals surface area contributed by atoms with Crippen molar-refractivity contribution in [3.8, 4) is 0 Å². The van der Waals surface area contributed by atoms with Gasteiger partial charge in [-0.2, -0.15) is 0 Å². The van der Waals surface area contributed by atoms with Crippen LogP contribution in [0.5, 0.6) is 0 Å². The maximum atomic E-state index is 11.4. The van der Waals surface area contributed by atoms with Crippen LogP contribution >= 0.6 is 0 Å². The molecule has 0 saturated carbocycles. The van der Waals surface area contributed by atoms with E-state index in [1.807, 2.05) is 0 Å². The molecule has 1 rings (SSSR count). The lowest BCUT2D eigenvalue weighted by molar-refractivity contribution is -0.146. The Hall–Kier alpha value is -2.44. The number of aromatic nitrogens is 1. The summed E-state index contributed by atoms with van der Waals surface area (Å²) in [6, 6.07) is 3.13. The summed E-state index contributed by atoms with van der Waals surface area (Å²) in [6.45, 7) is 1.54. The molecule has 0 unspecified atom stereocenters. The zero-order chi connectivity index (χ0) is 14.1.